The molecule has 0 aliphatic rings. The molecule has 2 amide bonds. The van der Waals surface area contributed by atoms with Crippen LogP contribution in [0.5, 0.6) is 0 Å². The molecule has 0 aliphatic carbocycles. The first-order chi connectivity index (χ1) is 11.4. The fourth-order valence-electron chi connectivity index (χ4n) is 1.90. The fourth-order valence-corrected chi connectivity index (χ4v) is 2.92. The van der Waals surface area contributed by atoms with Crippen LogP contribution in [-0.4, -0.2) is 42.7 Å². The summed E-state index contributed by atoms with van der Waals surface area (Å²) in [5.41, 5.74) is 0.424. The molecule has 0 bridgehead atoms. The van der Waals surface area contributed by atoms with Crippen molar-refractivity contribution in [2.75, 3.05) is 13.7 Å². The first kappa shape index (κ1) is 20.0. The summed E-state index contributed by atoms with van der Waals surface area (Å²) in [6.45, 7) is 5.88. The lowest BCUT2D eigenvalue weighted by atomic mass is 10.2. The number of amides is 2. The molecule has 2 atom stereocenters. The van der Waals surface area contributed by atoms with E-state index in [1.807, 2.05) is 6.92 Å². The summed E-state index contributed by atoms with van der Waals surface area (Å²) in [5.74, 6) is -0.935. The summed E-state index contributed by atoms with van der Waals surface area (Å²) in [7, 11) is 1.33. The summed E-state index contributed by atoms with van der Waals surface area (Å²) in [6.07, 6.45) is 0.831. The molecule has 0 aliphatic heterocycles. The van der Waals surface area contributed by atoms with Crippen LogP contribution in [0.2, 0.25) is 0 Å². The van der Waals surface area contributed by atoms with Crippen LogP contribution in [0.4, 0.5) is 0 Å². The molecule has 6 nitrogen and oxygen atoms in total. The standard InChI is InChI=1S/C17H24N2O4S/c1-5-10-18-15(20)11(2)19-16(21)13-8-6-7-9-14(13)24-12(3)17(22)23-4/h6-9,11-12H,5,10H2,1-4H3,(H,18,20)(H,19,21)/t11-,12-/m0/s1. The molecule has 7 heteroatoms. The Bertz CT molecular complexity index is 592. The maximum atomic E-state index is 12.5. The highest BCUT2D eigenvalue weighted by Gasteiger charge is 2.21. The normalized spacial score (nSPS) is 12.8. The molecule has 1 rings (SSSR count). The lowest BCUT2D eigenvalue weighted by Gasteiger charge is -2.16. The Kier molecular flexibility index (Phi) is 8.32. The highest BCUT2D eigenvalue weighted by Crippen LogP contribution is 2.27. The van der Waals surface area contributed by atoms with Crippen LogP contribution in [-0.2, 0) is 14.3 Å². The average molecular weight is 352 g/mol. The van der Waals surface area contributed by atoms with Gasteiger partial charge in [0.2, 0.25) is 5.91 Å². The number of carbonyl (C=O) groups excluding carboxylic acids is 3. The molecule has 0 spiro atoms. The monoisotopic (exact) mass is 352 g/mol. The molecule has 1 aromatic rings. The molecule has 0 heterocycles. The van der Waals surface area contributed by atoms with Gasteiger partial charge in [0.25, 0.3) is 5.91 Å². The van der Waals surface area contributed by atoms with Crippen LogP contribution in [0.3, 0.4) is 0 Å². The summed E-state index contributed by atoms with van der Waals surface area (Å²) in [4.78, 5) is 36.6. The number of nitrogens with one attached hydrogen (secondary N) is 2. The molecule has 0 radical (unpaired) electrons. The Hall–Kier alpha value is -2.02. The van der Waals surface area contributed by atoms with Gasteiger partial charge in [-0.3, -0.25) is 14.4 Å². The lowest BCUT2D eigenvalue weighted by molar-refractivity contribution is -0.139. The van der Waals surface area contributed by atoms with E-state index in [0.717, 1.165) is 6.42 Å². The van der Waals surface area contributed by atoms with Crippen LogP contribution in [0.15, 0.2) is 29.2 Å². The van der Waals surface area contributed by atoms with Crippen molar-refractivity contribution in [1.29, 1.82) is 0 Å². The van der Waals surface area contributed by atoms with Gasteiger partial charge < -0.3 is 15.4 Å². The number of ether oxygens (including phenoxy) is 1. The summed E-state index contributed by atoms with van der Waals surface area (Å²) < 4.78 is 4.70. The number of esters is 1. The van der Waals surface area contributed by atoms with Crippen molar-refractivity contribution in [2.24, 2.45) is 0 Å². The number of carbonyl (C=O) groups is 3. The molecular weight excluding hydrogens is 328 g/mol. The zero-order valence-corrected chi connectivity index (χ0v) is 15.2. The van der Waals surface area contributed by atoms with Gasteiger partial charge in [-0.25, -0.2) is 0 Å². The molecule has 132 valence electrons. The maximum Gasteiger partial charge on any atom is 0.318 e. The maximum absolute atomic E-state index is 12.5. The van der Waals surface area contributed by atoms with E-state index < -0.39 is 11.3 Å². The minimum absolute atomic E-state index is 0.224. The average Bonchev–Trinajstić information content (AvgIpc) is 2.58. The summed E-state index contributed by atoms with van der Waals surface area (Å²) >= 11 is 1.24. The smallest absolute Gasteiger partial charge is 0.318 e. The van der Waals surface area contributed by atoms with Gasteiger partial charge in [0.15, 0.2) is 0 Å². The van der Waals surface area contributed by atoms with Crippen molar-refractivity contribution < 1.29 is 19.1 Å². The van der Waals surface area contributed by atoms with E-state index in [4.69, 9.17) is 4.74 Å². The molecule has 0 saturated carbocycles. The van der Waals surface area contributed by atoms with E-state index in [2.05, 4.69) is 10.6 Å². The Morgan fingerprint density at radius 2 is 1.88 bits per heavy atom. The van der Waals surface area contributed by atoms with Crippen molar-refractivity contribution in [2.45, 2.75) is 43.4 Å². The van der Waals surface area contributed by atoms with Gasteiger partial charge in [-0.1, -0.05) is 19.1 Å². The number of rotatable bonds is 8. The third-order valence-corrected chi connectivity index (χ3v) is 4.41. The Morgan fingerprint density at radius 1 is 1.21 bits per heavy atom. The van der Waals surface area contributed by atoms with Crippen LogP contribution in [0.1, 0.15) is 37.6 Å². The molecule has 24 heavy (non-hydrogen) atoms. The minimum atomic E-state index is -0.639. The fraction of sp³-hybridized carbons (Fsp3) is 0.471. The van der Waals surface area contributed by atoms with Crippen molar-refractivity contribution >= 4 is 29.5 Å². The van der Waals surface area contributed by atoms with Crippen molar-refractivity contribution in [3.8, 4) is 0 Å². The van der Waals surface area contributed by atoms with Gasteiger partial charge in [-0.15, -0.1) is 11.8 Å². The van der Waals surface area contributed by atoms with E-state index in [1.165, 1.54) is 18.9 Å². The molecular formula is C17H24N2O4S. The zero-order valence-electron chi connectivity index (χ0n) is 14.4. The van der Waals surface area contributed by atoms with E-state index in [-0.39, 0.29) is 17.8 Å². The van der Waals surface area contributed by atoms with Crippen molar-refractivity contribution in [3.05, 3.63) is 29.8 Å². The van der Waals surface area contributed by atoms with Crippen LogP contribution < -0.4 is 10.6 Å². The lowest BCUT2D eigenvalue weighted by Crippen LogP contribution is -2.45. The van der Waals surface area contributed by atoms with Crippen LogP contribution in [0, 0.1) is 0 Å². The highest BCUT2D eigenvalue weighted by molar-refractivity contribution is 8.00. The molecule has 0 saturated heterocycles. The largest absolute Gasteiger partial charge is 0.468 e. The molecule has 2 N–H and O–H groups in total. The molecule has 1 aromatic carbocycles. The van der Waals surface area contributed by atoms with Crippen molar-refractivity contribution in [1.82, 2.24) is 10.6 Å². The Labute approximate surface area is 146 Å². The minimum Gasteiger partial charge on any atom is -0.468 e. The summed E-state index contributed by atoms with van der Waals surface area (Å²) in [5, 5.41) is 4.98. The van der Waals surface area contributed by atoms with Crippen LogP contribution in [0.25, 0.3) is 0 Å². The SMILES string of the molecule is CCCNC(=O)[C@H](C)NC(=O)c1ccccc1S[C@@H](C)C(=O)OC. The third kappa shape index (κ3) is 5.88. The van der Waals surface area contributed by atoms with E-state index in [0.29, 0.717) is 17.0 Å². The Morgan fingerprint density at radius 3 is 2.50 bits per heavy atom. The van der Waals surface area contributed by atoms with Gasteiger partial charge in [0.05, 0.1) is 12.7 Å². The number of hydrogen-bond donors (Lipinski definition) is 2. The topological polar surface area (TPSA) is 84.5 Å². The first-order valence-corrected chi connectivity index (χ1v) is 8.70. The van der Waals surface area contributed by atoms with E-state index >= 15 is 0 Å². The second kappa shape index (κ2) is 9.97. The van der Waals surface area contributed by atoms with Crippen molar-refractivity contribution in [3.63, 3.8) is 0 Å². The Balaban J connectivity index is 2.80. The predicted molar refractivity (Wildman–Crippen MR) is 94.0 cm³/mol. The second-order valence-corrected chi connectivity index (χ2v) is 6.65. The highest BCUT2D eigenvalue weighted by atomic mass is 32.2. The van der Waals surface area contributed by atoms with E-state index in [1.54, 1.807) is 38.1 Å². The van der Waals surface area contributed by atoms with Gasteiger partial charge in [0.1, 0.15) is 11.3 Å². The predicted octanol–water partition coefficient (Wildman–Crippen LogP) is 1.98. The van der Waals surface area contributed by atoms with Gasteiger partial charge in [-0.05, 0) is 32.4 Å². The summed E-state index contributed by atoms with van der Waals surface area (Å²) in [6, 6.07) is 6.32. The van der Waals surface area contributed by atoms with E-state index in [9.17, 15) is 14.4 Å². The quantitative estimate of drug-likeness (QED) is 0.552. The number of methoxy groups -OCH3 is 1. The third-order valence-electron chi connectivity index (χ3n) is 3.26. The van der Waals surface area contributed by atoms with Gasteiger partial charge >= 0.3 is 5.97 Å². The molecule has 0 aromatic heterocycles. The van der Waals surface area contributed by atoms with Gasteiger partial charge in [-0.2, -0.15) is 0 Å². The number of benzene rings is 1. The molecule has 0 fully saturated rings. The number of thioether (sulfide) groups is 1. The number of hydrogen-bond acceptors (Lipinski definition) is 5. The molecule has 0 unspecified atom stereocenters. The van der Waals surface area contributed by atoms with Gasteiger partial charge in [0, 0.05) is 11.4 Å². The second-order valence-electron chi connectivity index (χ2n) is 5.27. The van der Waals surface area contributed by atoms with Crippen LogP contribution >= 0.6 is 11.8 Å². The zero-order chi connectivity index (χ0) is 18.1. The first-order valence-electron chi connectivity index (χ1n) is 7.82.